The standard InChI is InChI=1S/C14H15ClN2O2S/c15-11-4-3-9-17(10-11)20(18,19)14-7-1-6-13-12(14)5-2-8-16-13/h1-2,5-8,11H,3-4,9-10H2. The Balaban J connectivity index is 2.09. The zero-order valence-electron chi connectivity index (χ0n) is 10.9. The molecule has 20 heavy (non-hydrogen) atoms. The van der Waals surface area contributed by atoms with E-state index in [9.17, 15) is 8.42 Å². The van der Waals surface area contributed by atoms with Gasteiger partial charge in [0.05, 0.1) is 10.4 Å². The number of hydrogen-bond acceptors (Lipinski definition) is 3. The quantitative estimate of drug-likeness (QED) is 0.801. The Morgan fingerprint density at radius 1 is 1.25 bits per heavy atom. The van der Waals surface area contributed by atoms with Crippen LogP contribution in [0.3, 0.4) is 0 Å². The molecule has 1 fully saturated rings. The number of halogens is 1. The van der Waals surface area contributed by atoms with Crippen LogP contribution in [0.15, 0.2) is 41.4 Å². The van der Waals surface area contributed by atoms with Crippen LogP contribution >= 0.6 is 11.6 Å². The number of piperidine rings is 1. The van der Waals surface area contributed by atoms with Gasteiger partial charge in [-0.3, -0.25) is 4.98 Å². The lowest BCUT2D eigenvalue weighted by Crippen LogP contribution is -2.40. The number of pyridine rings is 1. The van der Waals surface area contributed by atoms with E-state index in [4.69, 9.17) is 11.6 Å². The van der Waals surface area contributed by atoms with Crippen molar-refractivity contribution in [2.45, 2.75) is 23.1 Å². The predicted molar refractivity (Wildman–Crippen MR) is 79.4 cm³/mol. The lowest BCUT2D eigenvalue weighted by Gasteiger charge is -2.29. The molecular weight excluding hydrogens is 296 g/mol. The Bertz CT molecular complexity index is 728. The normalized spacial score (nSPS) is 21.1. The van der Waals surface area contributed by atoms with Gasteiger partial charge in [-0.05, 0) is 37.1 Å². The largest absolute Gasteiger partial charge is 0.256 e. The molecule has 3 rings (SSSR count). The molecule has 1 unspecified atom stereocenters. The third-order valence-electron chi connectivity index (χ3n) is 3.55. The maximum absolute atomic E-state index is 12.8. The summed E-state index contributed by atoms with van der Waals surface area (Å²) >= 11 is 6.10. The van der Waals surface area contributed by atoms with Gasteiger partial charge in [-0.2, -0.15) is 4.31 Å². The van der Waals surface area contributed by atoms with Crippen molar-refractivity contribution in [3.05, 3.63) is 36.5 Å². The van der Waals surface area contributed by atoms with E-state index in [-0.39, 0.29) is 5.38 Å². The van der Waals surface area contributed by atoms with Crippen LogP contribution in [0.1, 0.15) is 12.8 Å². The highest BCUT2D eigenvalue weighted by Gasteiger charge is 2.30. The van der Waals surface area contributed by atoms with Crippen LogP contribution in [0.4, 0.5) is 0 Å². The van der Waals surface area contributed by atoms with Crippen LogP contribution in [0.25, 0.3) is 10.9 Å². The van der Waals surface area contributed by atoms with Gasteiger partial charge in [0.25, 0.3) is 0 Å². The molecule has 1 aliphatic heterocycles. The average Bonchev–Trinajstić information content (AvgIpc) is 2.46. The van der Waals surface area contributed by atoms with E-state index in [0.29, 0.717) is 28.9 Å². The first-order chi connectivity index (χ1) is 9.59. The molecule has 0 saturated carbocycles. The number of sulfonamides is 1. The third kappa shape index (κ3) is 2.41. The second-order valence-corrected chi connectivity index (χ2v) is 7.45. The van der Waals surface area contributed by atoms with E-state index in [0.717, 1.165) is 12.8 Å². The van der Waals surface area contributed by atoms with Crippen molar-refractivity contribution in [1.82, 2.24) is 9.29 Å². The summed E-state index contributed by atoms with van der Waals surface area (Å²) in [5.74, 6) is 0. The van der Waals surface area contributed by atoms with Gasteiger partial charge in [0.15, 0.2) is 0 Å². The second kappa shape index (κ2) is 5.31. The smallest absolute Gasteiger partial charge is 0.243 e. The summed E-state index contributed by atoms with van der Waals surface area (Å²) in [4.78, 5) is 4.52. The minimum Gasteiger partial charge on any atom is -0.256 e. The van der Waals surface area contributed by atoms with Gasteiger partial charge in [0.2, 0.25) is 10.0 Å². The molecule has 0 amide bonds. The summed E-state index contributed by atoms with van der Waals surface area (Å²) in [6, 6.07) is 8.72. The Morgan fingerprint density at radius 3 is 2.90 bits per heavy atom. The maximum atomic E-state index is 12.8. The lowest BCUT2D eigenvalue weighted by molar-refractivity contribution is 0.351. The van der Waals surface area contributed by atoms with Crippen molar-refractivity contribution in [1.29, 1.82) is 0 Å². The number of hydrogen-bond donors (Lipinski definition) is 0. The van der Waals surface area contributed by atoms with Gasteiger partial charge in [-0.1, -0.05) is 6.07 Å². The molecule has 0 spiro atoms. The first-order valence-electron chi connectivity index (χ1n) is 6.57. The van der Waals surface area contributed by atoms with E-state index in [1.54, 1.807) is 30.5 Å². The Kier molecular flexibility index (Phi) is 3.67. The van der Waals surface area contributed by atoms with Gasteiger partial charge in [0.1, 0.15) is 0 Å². The van der Waals surface area contributed by atoms with Crippen molar-refractivity contribution >= 4 is 32.5 Å². The molecule has 1 aliphatic rings. The molecule has 0 bridgehead atoms. The SMILES string of the molecule is O=S(=O)(c1cccc2ncccc12)N1CCCC(Cl)C1. The first-order valence-corrected chi connectivity index (χ1v) is 8.44. The molecule has 4 nitrogen and oxygen atoms in total. The van der Waals surface area contributed by atoms with Crippen LogP contribution in [0.2, 0.25) is 0 Å². The van der Waals surface area contributed by atoms with Crippen LogP contribution in [0.5, 0.6) is 0 Å². The van der Waals surface area contributed by atoms with E-state index in [2.05, 4.69) is 4.98 Å². The number of fused-ring (bicyclic) bond motifs is 1. The molecular formula is C14H15ClN2O2S. The lowest BCUT2D eigenvalue weighted by atomic mass is 10.2. The fourth-order valence-electron chi connectivity index (χ4n) is 2.55. The summed E-state index contributed by atoms with van der Waals surface area (Å²) in [7, 11) is -3.51. The molecule has 1 aromatic heterocycles. The summed E-state index contributed by atoms with van der Waals surface area (Å²) in [6.07, 6.45) is 3.33. The fraction of sp³-hybridized carbons (Fsp3) is 0.357. The zero-order valence-corrected chi connectivity index (χ0v) is 12.4. The Labute approximate surface area is 123 Å². The molecule has 6 heteroatoms. The fourth-order valence-corrected chi connectivity index (χ4v) is 4.68. The zero-order chi connectivity index (χ0) is 14.2. The average molecular weight is 311 g/mol. The predicted octanol–water partition coefficient (Wildman–Crippen LogP) is 2.63. The van der Waals surface area contributed by atoms with Crippen molar-refractivity contribution in [3.8, 4) is 0 Å². The molecule has 1 atom stereocenters. The van der Waals surface area contributed by atoms with Crippen LogP contribution in [-0.2, 0) is 10.0 Å². The molecule has 0 radical (unpaired) electrons. The monoisotopic (exact) mass is 310 g/mol. The van der Waals surface area contributed by atoms with Gasteiger partial charge in [-0.15, -0.1) is 11.6 Å². The Morgan fingerprint density at radius 2 is 2.10 bits per heavy atom. The van der Waals surface area contributed by atoms with Crippen molar-refractivity contribution < 1.29 is 8.42 Å². The third-order valence-corrected chi connectivity index (χ3v) is 5.83. The van der Waals surface area contributed by atoms with Crippen LogP contribution in [-0.4, -0.2) is 36.2 Å². The molecule has 1 saturated heterocycles. The Hall–Kier alpha value is -1.17. The van der Waals surface area contributed by atoms with Crippen LogP contribution in [0, 0.1) is 0 Å². The van der Waals surface area contributed by atoms with Crippen LogP contribution < -0.4 is 0 Å². The van der Waals surface area contributed by atoms with Gasteiger partial charge in [-0.25, -0.2) is 8.42 Å². The maximum Gasteiger partial charge on any atom is 0.243 e. The van der Waals surface area contributed by atoms with Crippen molar-refractivity contribution in [3.63, 3.8) is 0 Å². The topological polar surface area (TPSA) is 50.3 Å². The van der Waals surface area contributed by atoms with E-state index >= 15 is 0 Å². The molecule has 0 N–H and O–H groups in total. The summed E-state index contributed by atoms with van der Waals surface area (Å²) in [6.45, 7) is 0.905. The highest BCUT2D eigenvalue weighted by Crippen LogP contribution is 2.27. The molecule has 2 aromatic rings. The number of benzene rings is 1. The number of rotatable bonds is 2. The second-order valence-electron chi connectivity index (χ2n) is 4.93. The molecule has 0 aliphatic carbocycles. The summed E-state index contributed by atoms with van der Waals surface area (Å²) in [5.41, 5.74) is 0.688. The summed E-state index contributed by atoms with van der Waals surface area (Å²) in [5, 5.41) is 0.554. The van der Waals surface area contributed by atoms with E-state index in [1.165, 1.54) is 4.31 Å². The number of nitrogens with zero attached hydrogens (tertiary/aromatic N) is 2. The van der Waals surface area contributed by atoms with E-state index in [1.807, 2.05) is 6.07 Å². The van der Waals surface area contributed by atoms with Gasteiger partial charge in [0, 0.05) is 30.0 Å². The van der Waals surface area contributed by atoms with Gasteiger partial charge >= 0.3 is 0 Å². The first kappa shape index (κ1) is 13.8. The summed E-state index contributed by atoms with van der Waals surface area (Å²) < 4.78 is 27.1. The van der Waals surface area contributed by atoms with Gasteiger partial charge < -0.3 is 0 Å². The van der Waals surface area contributed by atoms with Crippen molar-refractivity contribution in [2.24, 2.45) is 0 Å². The number of aromatic nitrogens is 1. The highest BCUT2D eigenvalue weighted by molar-refractivity contribution is 7.89. The number of alkyl halides is 1. The van der Waals surface area contributed by atoms with E-state index < -0.39 is 10.0 Å². The molecule has 106 valence electrons. The van der Waals surface area contributed by atoms with Crippen molar-refractivity contribution in [2.75, 3.05) is 13.1 Å². The molecule has 1 aromatic carbocycles. The highest BCUT2D eigenvalue weighted by atomic mass is 35.5. The molecule has 2 heterocycles. The minimum absolute atomic E-state index is 0.105. The minimum atomic E-state index is -3.51.